The molecule has 0 saturated heterocycles. The Hall–Kier alpha value is 0.130. The van der Waals surface area contributed by atoms with Crippen LogP contribution in [0, 0.1) is 0 Å². The minimum Gasteiger partial charge on any atom is -0.394 e. The summed E-state index contributed by atoms with van der Waals surface area (Å²) in [6.45, 7) is 0.962. The van der Waals surface area contributed by atoms with Crippen LogP contribution in [0.3, 0.4) is 0 Å². The maximum absolute atomic E-state index is 8.20. The summed E-state index contributed by atoms with van der Waals surface area (Å²) in [5.41, 5.74) is 0. The van der Waals surface area contributed by atoms with Crippen LogP contribution in [0.2, 0.25) is 0 Å². The van der Waals surface area contributed by atoms with Crippen molar-refractivity contribution in [2.45, 2.75) is 0 Å². The molecule has 0 heterocycles. The van der Waals surface area contributed by atoms with Gasteiger partial charge < -0.3 is 9.84 Å². The number of aliphatic hydroxyl groups excluding tert-OH is 1. The summed E-state index contributed by atoms with van der Waals surface area (Å²) in [6.07, 6.45) is 0. The maximum Gasteiger partial charge on any atom is 0.107 e. The monoisotopic (exact) mass is 156 g/mol. The lowest BCUT2D eigenvalue weighted by molar-refractivity contribution is -0.211. The largest absolute Gasteiger partial charge is 0.394 e. The number of ether oxygens (including phenoxy) is 1. The topological polar surface area (TPSA) is 47.9 Å². The molecular weight excluding hydrogens is 147 g/mol. The summed E-state index contributed by atoms with van der Waals surface area (Å²) in [5, 5.41) is 8.20. The number of hydrogen-bond donors (Lipinski definition) is 1. The molecule has 9 heavy (non-hydrogen) atoms. The van der Waals surface area contributed by atoms with E-state index in [2.05, 4.69) is 21.2 Å². The Labute approximate surface area is 58.4 Å². The molecule has 5 heteroatoms. The van der Waals surface area contributed by atoms with Crippen LogP contribution >= 0.6 is 11.9 Å². The Morgan fingerprint density at radius 1 is 1.22 bits per heavy atom. The van der Waals surface area contributed by atoms with Crippen molar-refractivity contribution in [2.24, 2.45) is 0 Å². The SMILES string of the molecule is OCCOCCOOCl. The van der Waals surface area contributed by atoms with Crippen LogP contribution in [-0.2, 0) is 14.1 Å². The van der Waals surface area contributed by atoms with Gasteiger partial charge in [-0.25, -0.2) is 4.89 Å². The molecule has 1 N–H and O–H groups in total. The average molecular weight is 157 g/mol. The van der Waals surface area contributed by atoms with Crippen LogP contribution in [-0.4, -0.2) is 31.5 Å². The van der Waals surface area contributed by atoms with Crippen LogP contribution in [0.5, 0.6) is 0 Å². The molecule has 0 aliphatic heterocycles. The molecule has 4 nitrogen and oxygen atoms in total. The minimum atomic E-state index is 0.0156. The normalized spacial score (nSPS) is 10.0. The molecule has 0 saturated carbocycles. The van der Waals surface area contributed by atoms with Gasteiger partial charge in [0.05, 0.1) is 31.7 Å². The molecular formula is C4H9ClO4. The zero-order chi connectivity index (χ0) is 6.95. The van der Waals surface area contributed by atoms with E-state index in [0.29, 0.717) is 13.2 Å². The van der Waals surface area contributed by atoms with Gasteiger partial charge >= 0.3 is 0 Å². The van der Waals surface area contributed by atoms with E-state index in [1.807, 2.05) is 0 Å². The first-order valence-corrected chi connectivity index (χ1v) is 2.81. The summed E-state index contributed by atoms with van der Waals surface area (Å²) < 4.78 is 8.52. The molecule has 0 rings (SSSR count). The molecule has 56 valence electrons. The number of halogens is 1. The molecule has 0 bridgehead atoms. The third-order valence-electron chi connectivity index (χ3n) is 0.591. The molecule has 0 atom stereocenters. The Bertz CT molecular complexity index is 45.8. The fourth-order valence-electron chi connectivity index (χ4n) is 0.291. The number of aliphatic hydroxyl groups is 1. The van der Waals surface area contributed by atoms with Gasteiger partial charge in [-0.3, -0.25) is 0 Å². The zero-order valence-electron chi connectivity index (χ0n) is 4.88. The van der Waals surface area contributed by atoms with Gasteiger partial charge in [-0.2, -0.15) is 0 Å². The van der Waals surface area contributed by atoms with Gasteiger partial charge in [0.15, 0.2) is 0 Å². The van der Waals surface area contributed by atoms with Gasteiger partial charge in [-0.1, -0.05) is 0 Å². The first-order chi connectivity index (χ1) is 4.41. The van der Waals surface area contributed by atoms with Crippen LogP contribution in [0.15, 0.2) is 0 Å². The third-order valence-corrected chi connectivity index (χ3v) is 0.680. The van der Waals surface area contributed by atoms with Gasteiger partial charge in [0.1, 0.15) is 6.61 Å². The highest BCUT2D eigenvalue weighted by Crippen LogP contribution is 1.82. The molecule has 0 aromatic rings. The van der Waals surface area contributed by atoms with Crippen molar-refractivity contribution >= 4 is 11.9 Å². The fourth-order valence-corrected chi connectivity index (χ4v) is 0.354. The highest BCUT2D eigenvalue weighted by molar-refractivity contribution is 6.06. The van der Waals surface area contributed by atoms with E-state index < -0.39 is 0 Å². The van der Waals surface area contributed by atoms with Gasteiger partial charge in [0.2, 0.25) is 0 Å². The lowest BCUT2D eigenvalue weighted by Gasteiger charge is -1.98. The first kappa shape index (κ1) is 9.13. The van der Waals surface area contributed by atoms with Crippen LogP contribution in [0.4, 0.5) is 0 Å². The highest BCUT2D eigenvalue weighted by atomic mass is 35.5. The molecule has 0 unspecified atom stereocenters. The second-order valence-electron chi connectivity index (χ2n) is 1.22. The smallest absolute Gasteiger partial charge is 0.107 e. The Balaban J connectivity index is 2.60. The van der Waals surface area contributed by atoms with Crippen molar-refractivity contribution in [1.29, 1.82) is 0 Å². The van der Waals surface area contributed by atoms with Gasteiger partial charge in [0.25, 0.3) is 0 Å². The van der Waals surface area contributed by atoms with E-state index in [4.69, 9.17) is 9.84 Å². The van der Waals surface area contributed by atoms with E-state index in [1.165, 1.54) is 0 Å². The van der Waals surface area contributed by atoms with Crippen molar-refractivity contribution in [2.75, 3.05) is 26.4 Å². The Kier molecular flexibility index (Phi) is 8.25. The van der Waals surface area contributed by atoms with Crippen LogP contribution in [0.25, 0.3) is 0 Å². The van der Waals surface area contributed by atoms with E-state index >= 15 is 0 Å². The fraction of sp³-hybridized carbons (Fsp3) is 1.00. The van der Waals surface area contributed by atoms with E-state index in [0.717, 1.165) is 0 Å². The molecule has 0 amide bonds. The van der Waals surface area contributed by atoms with Gasteiger partial charge in [0, 0.05) is 0 Å². The highest BCUT2D eigenvalue weighted by Gasteiger charge is 1.86. The number of hydrogen-bond acceptors (Lipinski definition) is 4. The molecule has 0 aromatic heterocycles. The van der Waals surface area contributed by atoms with Crippen molar-refractivity contribution in [3.8, 4) is 0 Å². The average Bonchev–Trinajstić information content (AvgIpc) is 1.89. The quantitative estimate of drug-likeness (QED) is 0.337. The van der Waals surface area contributed by atoms with Crippen molar-refractivity contribution < 1.29 is 19.2 Å². The molecule has 0 spiro atoms. The van der Waals surface area contributed by atoms with Crippen LogP contribution in [0.1, 0.15) is 0 Å². The molecule has 0 aliphatic carbocycles. The van der Waals surface area contributed by atoms with E-state index in [-0.39, 0.29) is 13.2 Å². The van der Waals surface area contributed by atoms with Crippen molar-refractivity contribution in [3.05, 3.63) is 0 Å². The predicted molar refractivity (Wildman–Crippen MR) is 30.8 cm³/mol. The van der Waals surface area contributed by atoms with Gasteiger partial charge in [-0.15, -0.1) is 4.44 Å². The van der Waals surface area contributed by atoms with E-state index in [1.54, 1.807) is 0 Å². The van der Waals surface area contributed by atoms with E-state index in [9.17, 15) is 0 Å². The molecule has 0 radical (unpaired) electrons. The second kappa shape index (κ2) is 8.13. The summed E-state index contributed by atoms with van der Waals surface area (Å²) in [4.78, 5) is 4.24. The standard InChI is InChI=1S/C4H9ClO4/c5-9-8-4-3-7-2-1-6/h6H,1-4H2. The summed E-state index contributed by atoms with van der Waals surface area (Å²) >= 11 is 4.69. The van der Waals surface area contributed by atoms with Crippen molar-refractivity contribution in [1.82, 2.24) is 0 Å². The molecule has 0 aliphatic rings. The number of rotatable bonds is 6. The second-order valence-corrected chi connectivity index (χ2v) is 1.35. The summed E-state index contributed by atoms with van der Waals surface area (Å²) in [6, 6.07) is 0. The third kappa shape index (κ3) is 8.13. The Morgan fingerprint density at radius 2 is 2.00 bits per heavy atom. The maximum atomic E-state index is 8.20. The Morgan fingerprint density at radius 3 is 2.56 bits per heavy atom. The lowest BCUT2D eigenvalue weighted by Crippen LogP contribution is -2.05. The zero-order valence-corrected chi connectivity index (χ0v) is 5.63. The van der Waals surface area contributed by atoms with Gasteiger partial charge in [-0.05, 0) is 0 Å². The summed E-state index contributed by atoms with van der Waals surface area (Å²) in [7, 11) is 0. The van der Waals surface area contributed by atoms with Crippen molar-refractivity contribution in [3.63, 3.8) is 0 Å². The van der Waals surface area contributed by atoms with Crippen LogP contribution < -0.4 is 0 Å². The minimum absolute atomic E-state index is 0.0156. The predicted octanol–water partition coefficient (Wildman–Crippen LogP) is 0.0973. The molecule has 0 aromatic carbocycles. The molecule has 0 fully saturated rings. The summed E-state index contributed by atoms with van der Waals surface area (Å²) in [5.74, 6) is 0. The first-order valence-electron chi connectivity index (χ1n) is 2.50. The lowest BCUT2D eigenvalue weighted by atomic mass is 10.7.